The van der Waals surface area contributed by atoms with Crippen LogP contribution in [0.5, 0.6) is 0 Å². The monoisotopic (exact) mass is 312 g/mol. The fraction of sp³-hybridized carbons (Fsp3) is 0.368. The van der Waals surface area contributed by atoms with E-state index in [1.807, 2.05) is 11.8 Å². The summed E-state index contributed by atoms with van der Waals surface area (Å²) < 4.78 is 12.5. The van der Waals surface area contributed by atoms with Crippen LogP contribution < -0.4 is 0 Å². The van der Waals surface area contributed by atoms with Crippen molar-refractivity contribution in [2.45, 2.75) is 41.8 Å². The van der Waals surface area contributed by atoms with Crippen LogP contribution in [0.15, 0.2) is 52.3 Å². The molecule has 2 aromatic carbocycles. The van der Waals surface area contributed by atoms with Crippen molar-refractivity contribution in [3.8, 4) is 0 Å². The minimum Gasteiger partial charge on any atom is -0.342 e. The third kappa shape index (κ3) is 2.11. The Hall–Kier alpha value is -1.29. The Balaban J connectivity index is 1.94. The molecule has 0 unspecified atom stereocenters. The minimum absolute atomic E-state index is 0.494. The van der Waals surface area contributed by atoms with Crippen LogP contribution in [-0.4, -0.2) is 13.2 Å². The second-order valence-electron chi connectivity index (χ2n) is 6.18. The van der Waals surface area contributed by atoms with Gasteiger partial charge in [-0.2, -0.15) is 0 Å². The molecule has 0 aromatic heterocycles. The first-order valence-corrected chi connectivity index (χ1v) is 8.72. The van der Waals surface area contributed by atoms with Crippen molar-refractivity contribution in [3.63, 3.8) is 0 Å². The summed E-state index contributed by atoms with van der Waals surface area (Å²) in [6.45, 7) is 5.93. The normalized spacial score (nSPS) is 19.0. The summed E-state index contributed by atoms with van der Waals surface area (Å²) in [6.07, 6.45) is 0.955. The van der Waals surface area contributed by atoms with Gasteiger partial charge in [-0.25, -0.2) is 0 Å². The molecular formula is C19H20O2S. The molecule has 0 atom stereocenters. The topological polar surface area (TPSA) is 18.5 Å². The van der Waals surface area contributed by atoms with Crippen molar-refractivity contribution in [2.75, 3.05) is 13.2 Å². The molecule has 1 spiro atoms. The van der Waals surface area contributed by atoms with Crippen molar-refractivity contribution in [3.05, 3.63) is 59.2 Å². The SMILES string of the molecule is CC(C)c1ccc2c(c1)C1(OCCCO1)c1ccccc1S2. The Bertz CT molecular complexity index is 702. The molecule has 1 fully saturated rings. The van der Waals surface area contributed by atoms with E-state index in [1.165, 1.54) is 20.9 Å². The number of rotatable bonds is 1. The van der Waals surface area contributed by atoms with E-state index in [0.29, 0.717) is 5.92 Å². The molecule has 2 aliphatic heterocycles. The molecule has 3 heteroatoms. The van der Waals surface area contributed by atoms with Gasteiger partial charge in [-0.05, 0) is 36.1 Å². The van der Waals surface area contributed by atoms with Crippen LogP contribution in [0, 0.1) is 0 Å². The minimum atomic E-state index is -0.722. The molecule has 0 radical (unpaired) electrons. The summed E-state index contributed by atoms with van der Waals surface area (Å²) in [5.41, 5.74) is 3.64. The highest BCUT2D eigenvalue weighted by Crippen LogP contribution is 2.51. The molecule has 0 aliphatic carbocycles. The fourth-order valence-electron chi connectivity index (χ4n) is 3.19. The molecule has 0 bridgehead atoms. The molecule has 22 heavy (non-hydrogen) atoms. The van der Waals surface area contributed by atoms with Crippen molar-refractivity contribution in [1.82, 2.24) is 0 Å². The highest BCUT2D eigenvalue weighted by Gasteiger charge is 2.45. The maximum atomic E-state index is 6.26. The average molecular weight is 312 g/mol. The largest absolute Gasteiger partial charge is 0.342 e. The lowest BCUT2D eigenvalue weighted by molar-refractivity contribution is -0.252. The average Bonchev–Trinajstić information content (AvgIpc) is 2.56. The van der Waals surface area contributed by atoms with Gasteiger partial charge in [0.15, 0.2) is 0 Å². The van der Waals surface area contributed by atoms with Gasteiger partial charge >= 0.3 is 0 Å². The van der Waals surface area contributed by atoms with E-state index in [9.17, 15) is 0 Å². The van der Waals surface area contributed by atoms with Gasteiger partial charge in [0.05, 0.1) is 13.2 Å². The van der Waals surface area contributed by atoms with E-state index in [1.54, 1.807) is 0 Å². The molecule has 0 saturated carbocycles. The van der Waals surface area contributed by atoms with E-state index in [-0.39, 0.29) is 0 Å². The van der Waals surface area contributed by atoms with E-state index in [2.05, 4.69) is 56.3 Å². The van der Waals surface area contributed by atoms with Gasteiger partial charge in [0.1, 0.15) is 0 Å². The standard InChI is InChI=1S/C19H20O2S/c1-13(2)14-8-9-18-16(12-14)19(20-10-5-11-21-19)15-6-3-4-7-17(15)22-18/h3-4,6-9,12-13H,5,10-11H2,1-2H3. The second kappa shape index (κ2) is 5.41. The Labute approximate surface area is 135 Å². The molecular weight excluding hydrogens is 292 g/mol. The number of ether oxygens (including phenoxy) is 2. The van der Waals surface area contributed by atoms with Gasteiger partial charge in [0.25, 0.3) is 0 Å². The zero-order valence-corrected chi connectivity index (χ0v) is 13.8. The van der Waals surface area contributed by atoms with E-state index < -0.39 is 5.79 Å². The third-order valence-corrected chi connectivity index (χ3v) is 5.54. The van der Waals surface area contributed by atoms with Crippen LogP contribution in [0.2, 0.25) is 0 Å². The van der Waals surface area contributed by atoms with Crippen LogP contribution in [0.3, 0.4) is 0 Å². The summed E-state index contributed by atoms with van der Waals surface area (Å²) in [5, 5.41) is 0. The van der Waals surface area contributed by atoms with E-state index in [4.69, 9.17) is 9.47 Å². The van der Waals surface area contributed by atoms with Crippen LogP contribution in [0.4, 0.5) is 0 Å². The zero-order chi connectivity index (χ0) is 15.2. The van der Waals surface area contributed by atoms with E-state index >= 15 is 0 Å². The smallest absolute Gasteiger partial charge is 0.224 e. The maximum Gasteiger partial charge on any atom is 0.224 e. The van der Waals surface area contributed by atoms with Gasteiger partial charge in [-0.1, -0.05) is 49.9 Å². The van der Waals surface area contributed by atoms with Crippen molar-refractivity contribution < 1.29 is 9.47 Å². The zero-order valence-electron chi connectivity index (χ0n) is 13.0. The lowest BCUT2D eigenvalue weighted by Gasteiger charge is -2.42. The number of hydrogen-bond donors (Lipinski definition) is 0. The highest BCUT2D eigenvalue weighted by atomic mass is 32.2. The van der Waals surface area contributed by atoms with Crippen LogP contribution >= 0.6 is 11.8 Å². The summed E-state index contributed by atoms with van der Waals surface area (Å²) in [5.74, 6) is -0.228. The number of fused-ring (bicyclic) bond motifs is 4. The summed E-state index contributed by atoms with van der Waals surface area (Å²) >= 11 is 1.81. The molecule has 4 rings (SSSR count). The van der Waals surface area contributed by atoms with Gasteiger partial charge in [0.2, 0.25) is 5.79 Å². The fourth-order valence-corrected chi connectivity index (χ4v) is 4.32. The number of benzene rings is 2. The lowest BCUT2D eigenvalue weighted by atomic mass is 9.91. The van der Waals surface area contributed by atoms with Gasteiger partial charge in [-0.3, -0.25) is 0 Å². The van der Waals surface area contributed by atoms with Crippen molar-refractivity contribution in [2.24, 2.45) is 0 Å². The molecule has 0 amide bonds. The molecule has 0 N–H and O–H groups in total. The molecule has 2 aliphatic rings. The third-order valence-electron chi connectivity index (χ3n) is 4.39. The second-order valence-corrected chi connectivity index (χ2v) is 7.26. The predicted octanol–water partition coefficient (Wildman–Crippen LogP) is 4.91. The Kier molecular flexibility index (Phi) is 3.52. The van der Waals surface area contributed by atoms with Gasteiger partial charge < -0.3 is 9.47 Å². The first kappa shape index (κ1) is 14.3. The lowest BCUT2D eigenvalue weighted by Crippen LogP contribution is -2.41. The van der Waals surface area contributed by atoms with Gasteiger partial charge in [0, 0.05) is 20.9 Å². The first-order chi connectivity index (χ1) is 10.7. The van der Waals surface area contributed by atoms with Crippen LogP contribution in [-0.2, 0) is 15.3 Å². The quantitative estimate of drug-likeness (QED) is 0.745. The molecule has 2 nitrogen and oxygen atoms in total. The van der Waals surface area contributed by atoms with Gasteiger partial charge in [-0.15, -0.1) is 0 Å². The van der Waals surface area contributed by atoms with E-state index in [0.717, 1.165) is 25.2 Å². The maximum absolute atomic E-state index is 6.26. The van der Waals surface area contributed by atoms with Crippen molar-refractivity contribution >= 4 is 11.8 Å². The van der Waals surface area contributed by atoms with Crippen LogP contribution in [0.25, 0.3) is 0 Å². The summed E-state index contributed by atoms with van der Waals surface area (Å²) in [4.78, 5) is 2.47. The Morgan fingerprint density at radius 2 is 1.68 bits per heavy atom. The first-order valence-electron chi connectivity index (χ1n) is 7.90. The summed E-state index contributed by atoms with van der Waals surface area (Å²) in [6, 6.07) is 15.2. The Morgan fingerprint density at radius 3 is 2.45 bits per heavy atom. The highest BCUT2D eigenvalue weighted by molar-refractivity contribution is 7.99. The molecule has 1 saturated heterocycles. The molecule has 114 valence electrons. The number of hydrogen-bond acceptors (Lipinski definition) is 3. The predicted molar refractivity (Wildman–Crippen MR) is 88.4 cm³/mol. The van der Waals surface area contributed by atoms with Crippen LogP contribution in [0.1, 0.15) is 42.9 Å². The molecule has 2 heterocycles. The summed E-state index contributed by atoms with van der Waals surface area (Å²) in [7, 11) is 0. The van der Waals surface area contributed by atoms with Crippen molar-refractivity contribution in [1.29, 1.82) is 0 Å². The Morgan fingerprint density at radius 1 is 0.955 bits per heavy atom. The molecule has 2 aromatic rings.